The molecule has 0 bridgehead atoms. The van der Waals surface area contributed by atoms with E-state index in [0.717, 1.165) is 12.8 Å². The lowest BCUT2D eigenvalue weighted by molar-refractivity contribution is 0.209. The van der Waals surface area contributed by atoms with Gasteiger partial charge in [0.25, 0.3) is 10.1 Å². The first-order chi connectivity index (χ1) is 7.70. The zero-order valence-corrected chi connectivity index (χ0v) is 11.5. The van der Waals surface area contributed by atoms with E-state index in [2.05, 4.69) is 5.32 Å². The second-order valence-corrected chi connectivity index (χ2v) is 5.88. The van der Waals surface area contributed by atoms with E-state index < -0.39 is 10.1 Å². The van der Waals surface area contributed by atoms with Crippen LogP contribution in [0.5, 0.6) is 0 Å². The van der Waals surface area contributed by atoms with E-state index in [4.69, 9.17) is 4.55 Å². The van der Waals surface area contributed by atoms with Crippen molar-refractivity contribution in [1.29, 1.82) is 0 Å². The zero-order valence-electron chi connectivity index (χ0n) is 10.6. The minimum atomic E-state index is -3.67. The van der Waals surface area contributed by atoms with Crippen molar-refractivity contribution in [3.8, 4) is 0 Å². The van der Waals surface area contributed by atoms with E-state index >= 15 is 0 Å². The first-order valence-electron chi connectivity index (χ1n) is 5.60. The predicted molar refractivity (Wildman–Crippen MR) is 66.6 cm³/mol. The highest BCUT2D eigenvalue weighted by Gasteiger charge is 2.15. The van der Waals surface area contributed by atoms with E-state index in [-0.39, 0.29) is 6.03 Å². The Kier molecular flexibility index (Phi) is 7.13. The van der Waals surface area contributed by atoms with Crippen molar-refractivity contribution in [3.63, 3.8) is 0 Å². The second kappa shape index (κ2) is 7.50. The molecule has 2 amide bonds. The van der Waals surface area contributed by atoms with Gasteiger partial charge in [-0.2, -0.15) is 8.42 Å². The lowest BCUT2D eigenvalue weighted by Crippen LogP contribution is -2.42. The van der Waals surface area contributed by atoms with Gasteiger partial charge in [-0.3, -0.25) is 4.55 Å². The van der Waals surface area contributed by atoms with E-state index in [1.54, 1.807) is 19.0 Å². The third-order valence-corrected chi connectivity index (χ3v) is 2.34. The number of nitrogens with one attached hydrogen (secondary N) is 1. The molecule has 0 aliphatic heterocycles. The Bertz CT molecular complexity index is 313. The van der Waals surface area contributed by atoms with Gasteiger partial charge in [0, 0.05) is 20.1 Å². The van der Waals surface area contributed by atoms with Crippen LogP contribution in [-0.4, -0.2) is 50.3 Å². The molecule has 0 aromatic carbocycles. The number of nitrogens with zero attached hydrogens (tertiary/aromatic N) is 1. The predicted octanol–water partition coefficient (Wildman–Crippen LogP) is 1.09. The third-order valence-electron chi connectivity index (χ3n) is 2.34. The van der Waals surface area contributed by atoms with E-state index in [9.17, 15) is 13.2 Å². The normalized spacial score (nSPS) is 16.7. The van der Waals surface area contributed by atoms with Gasteiger partial charge in [-0.1, -0.05) is 19.3 Å². The van der Waals surface area contributed by atoms with Gasteiger partial charge in [0.2, 0.25) is 0 Å². The molecule has 1 aliphatic rings. The Labute approximate surface area is 103 Å². The van der Waals surface area contributed by atoms with Crippen molar-refractivity contribution >= 4 is 16.1 Å². The average Bonchev–Trinajstić information content (AvgIpc) is 2.16. The van der Waals surface area contributed by atoms with E-state index in [0.29, 0.717) is 12.3 Å². The van der Waals surface area contributed by atoms with Crippen LogP contribution in [0.2, 0.25) is 0 Å². The van der Waals surface area contributed by atoms with Gasteiger partial charge in [-0.05, 0) is 12.8 Å². The maximum absolute atomic E-state index is 11.2. The van der Waals surface area contributed by atoms with Crippen LogP contribution in [0.3, 0.4) is 0 Å². The molecule has 0 unspecified atom stereocenters. The molecule has 0 atom stereocenters. The molecule has 102 valence electrons. The van der Waals surface area contributed by atoms with Crippen molar-refractivity contribution in [2.45, 2.75) is 38.1 Å². The molecule has 6 nitrogen and oxygen atoms in total. The highest BCUT2D eigenvalue weighted by molar-refractivity contribution is 7.85. The highest BCUT2D eigenvalue weighted by Crippen LogP contribution is 2.17. The fourth-order valence-electron chi connectivity index (χ4n) is 1.55. The summed E-state index contributed by atoms with van der Waals surface area (Å²) in [6.45, 7) is 0. The van der Waals surface area contributed by atoms with Crippen molar-refractivity contribution in [2.75, 3.05) is 20.4 Å². The molecular weight excluding hydrogens is 244 g/mol. The van der Waals surface area contributed by atoms with Crippen molar-refractivity contribution in [1.82, 2.24) is 10.2 Å². The van der Waals surface area contributed by atoms with Crippen LogP contribution in [0.25, 0.3) is 0 Å². The summed E-state index contributed by atoms with van der Waals surface area (Å²) in [5.41, 5.74) is 0. The van der Waals surface area contributed by atoms with Crippen molar-refractivity contribution in [2.24, 2.45) is 0 Å². The maximum Gasteiger partial charge on any atom is 0.317 e. The summed E-state index contributed by atoms with van der Waals surface area (Å²) in [7, 11) is -0.115. The summed E-state index contributed by atoms with van der Waals surface area (Å²) < 4.78 is 25.9. The number of amides is 2. The molecule has 0 aromatic rings. The number of hydrogen-bond donors (Lipinski definition) is 2. The third kappa shape index (κ3) is 11.4. The van der Waals surface area contributed by atoms with Gasteiger partial charge in [-0.25, -0.2) is 4.79 Å². The summed E-state index contributed by atoms with van der Waals surface area (Å²) >= 11 is 0. The Morgan fingerprint density at radius 2 is 1.65 bits per heavy atom. The summed E-state index contributed by atoms with van der Waals surface area (Å²) in [5.74, 6) is 0. The molecule has 1 saturated carbocycles. The SMILES string of the molecule is CN(C)C(=O)NC1CCCCC1.CS(=O)(=O)O. The standard InChI is InChI=1S/C9H18N2O.CH4O3S/c1-11(2)9(12)10-8-6-4-3-5-7-8;1-5(2,3)4/h8H,3-7H2,1-2H3,(H,10,12);1H3,(H,2,3,4). The molecule has 1 aliphatic carbocycles. The van der Waals surface area contributed by atoms with Gasteiger partial charge in [0.1, 0.15) is 0 Å². The number of rotatable bonds is 1. The smallest absolute Gasteiger partial charge is 0.317 e. The van der Waals surface area contributed by atoms with Crippen LogP contribution < -0.4 is 5.32 Å². The van der Waals surface area contributed by atoms with Crippen LogP contribution in [0.15, 0.2) is 0 Å². The number of carbonyl (C=O) groups is 1. The average molecular weight is 266 g/mol. The monoisotopic (exact) mass is 266 g/mol. The first-order valence-corrected chi connectivity index (χ1v) is 7.45. The second-order valence-electron chi connectivity index (χ2n) is 4.41. The van der Waals surface area contributed by atoms with Gasteiger partial charge < -0.3 is 10.2 Å². The van der Waals surface area contributed by atoms with Gasteiger partial charge in [0.05, 0.1) is 6.26 Å². The minimum absolute atomic E-state index is 0.0434. The minimum Gasteiger partial charge on any atom is -0.335 e. The molecule has 0 spiro atoms. The number of urea groups is 1. The lowest BCUT2D eigenvalue weighted by atomic mass is 9.96. The molecular formula is C10H22N2O4S. The van der Waals surface area contributed by atoms with E-state index in [1.807, 2.05) is 0 Å². The lowest BCUT2D eigenvalue weighted by Gasteiger charge is -2.24. The topological polar surface area (TPSA) is 86.7 Å². The van der Waals surface area contributed by atoms with Gasteiger partial charge in [0.15, 0.2) is 0 Å². The Morgan fingerprint density at radius 1 is 1.24 bits per heavy atom. The van der Waals surface area contributed by atoms with Crippen LogP contribution in [0.4, 0.5) is 4.79 Å². The summed E-state index contributed by atoms with van der Waals surface area (Å²) in [6, 6.07) is 0.468. The van der Waals surface area contributed by atoms with Gasteiger partial charge in [-0.15, -0.1) is 0 Å². The number of carbonyl (C=O) groups excluding carboxylic acids is 1. The Hall–Kier alpha value is -0.820. The summed E-state index contributed by atoms with van der Waals surface area (Å²) in [5, 5.41) is 3.01. The molecule has 17 heavy (non-hydrogen) atoms. The maximum atomic E-state index is 11.2. The molecule has 0 heterocycles. The largest absolute Gasteiger partial charge is 0.335 e. The summed E-state index contributed by atoms with van der Waals surface area (Å²) in [4.78, 5) is 12.8. The molecule has 0 radical (unpaired) electrons. The molecule has 7 heteroatoms. The van der Waals surface area contributed by atoms with Crippen LogP contribution in [0.1, 0.15) is 32.1 Å². The van der Waals surface area contributed by atoms with Crippen molar-refractivity contribution < 1.29 is 17.8 Å². The first kappa shape index (κ1) is 16.2. The molecule has 1 rings (SSSR count). The quantitative estimate of drug-likeness (QED) is 0.696. The van der Waals surface area contributed by atoms with E-state index in [1.165, 1.54) is 19.3 Å². The molecule has 0 saturated heterocycles. The Balaban J connectivity index is 0.000000437. The van der Waals surface area contributed by atoms with Crippen LogP contribution in [0, 0.1) is 0 Å². The van der Waals surface area contributed by atoms with Crippen LogP contribution >= 0.6 is 0 Å². The fraction of sp³-hybridized carbons (Fsp3) is 0.900. The number of hydrogen-bond acceptors (Lipinski definition) is 3. The molecule has 0 aromatic heterocycles. The van der Waals surface area contributed by atoms with Gasteiger partial charge >= 0.3 is 6.03 Å². The highest BCUT2D eigenvalue weighted by atomic mass is 32.2. The van der Waals surface area contributed by atoms with Crippen molar-refractivity contribution in [3.05, 3.63) is 0 Å². The van der Waals surface area contributed by atoms with Crippen LogP contribution in [-0.2, 0) is 10.1 Å². The Morgan fingerprint density at radius 3 is 2.00 bits per heavy atom. The molecule has 1 fully saturated rings. The fourth-order valence-corrected chi connectivity index (χ4v) is 1.55. The summed E-state index contributed by atoms with van der Waals surface area (Å²) in [6.07, 6.45) is 6.87. The zero-order chi connectivity index (χ0) is 13.5. The molecule has 2 N–H and O–H groups in total.